The molecule has 4 nitrogen and oxygen atoms in total. The van der Waals surface area contributed by atoms with Crippen molar-refractivity contribution in [1.29, 1.82) is 5.26 Å². The quantitative estimate of drug-likeness (QED) is 0.734. The van der Waals surface area contributed by atoms with Gasteiger partial charge >= 0.3 is 0 Å². The SMILES string of the molecule is CCCCN(CC(N)=O)C1CCCCCC1C#N. The van der Waals surface area contributed by atoms with Crippen molar-refractivity contribution in [2.24, 2.45) is 11.7 Å². The standard InChI is InChI=1S/C14H25N3O/c1-2-3-9-17(11-14(16)18)13-8-6-4-5-7-12(13)10-15/h12-13H,2-9,11H2,1H3,(H2,16,18). The van der Waals surface area contributed by atoms with E-state index in [-0.39, 0.29) is 17.9 Å². The first-order chi connectivity index (χ1) is 8.69. The van der Waals surface area contributed by atoms with Gasteiger partial charge in [0.05, 0.1) is 18.5 Å². The van der Waals surface area contributed by atoms with E-state index in [1.165, 1.54) is 6.42 Å². The number of nitrogens with two attached hydrogens (primary N) is 1. The highest BCUT2D eigenvalue weighted by Crippen LogP contribution is 2.27. The van der Waals surface area contributed by atoms with Gasteiger partial charge in [-0.05, 0) is 25.8 Å². The average Bonchev–Trinajstić information content (AvgIpc) is 2.58. The molecule has 0 radical (unpaired) electrons. The number of nitrogens with zero attached hydrogens (tertiary/aromatic N) is 2. The lowest BCUT2D eigenvalue weighted by atomic mass is 9.94. The number of hydrogen-bond donors (Lipinski definition) is 1. The minimum Gasteiger partial charge on any atom is -0.369 e. The smallest absolute Gasteiger partial charge is 0.231 e. The Kier molecular flexibility index (Phi) is 6.74. The summed E-state index contributed by atoms with van der Waals surface area (Å²) in [5.74, 6) is -0.226. The number of carbonyl (C=O) groups is 1. The molecule has 0 bridgehead atoms. The summed E-state index contributed by atoms with van der Waals surface area (Å²) in [6.45, 7) is 3.31. The fraction of sp³-hybridized carbons (Fsp3) is 0.857. The van der Waals surface area contributed by atoms with Gasteiger partial charge in [-0.1, -0.05) is 32.6 Å². The fourth-order valence-electron chi connectivity index (χ4n) is 2.80. The van der Waals surface area contributed by atoms with Crippen LogP contribution in [0.2, 0.25) is 0 Å². The third-order valence-electron chi connectivity index (χ3n) is 3.77. The van der Waals surface area contributed by atoms with E-state index >= 15 is 0 Å². The Hall–Kier alpha value is -1.08. The molecule has 1 aliphatic carbocycles. The Morgan fingerprint density at radius 3 is 2.72 bits per heavy atom. The average molecular weight is 251 g/mol. The van der Waals surface area contributed by atoms with Crippen LogP contribution in [0.4, 0.5) is 0 Å². The number of unbranched alkanes of at least 4 members (excludes halogenated alkanes) is 1. The van der Waals surface area contributed by atoms with Crippen LogP contribution in [0.25, 0.3) is 0 Å². The van der Waals surface area contributed by atoms with Gasteiger partial charge in [-0.25, -0.2) is 0 Å². The van der Waals surface area contributed by atoms with Crippen molar-refractivity contribution in [2.45, 2.75) is 57.9 Å². The third-order valence-corrected chi connectivity index (χ3v) is 3.77. The second-order valence-corrected chi connectivity index (χ2v) is 5.23. The number of rotatable bonds is 6. The lowest BCUT2D eigenvalue weighted by molar-refractivity contribution is -0.120. The van der Waals surface area contributed by atoms with Crippen LogP contribution in [0.3, 0.4) is 0 Å². The molecule has 1 rings (SSSR count). The van der Waals surface area contributed by atoms with Gasteiger partial charge in [-0.2, -0.15) is 5.26 Å². The molecule has 2 atom stereocenters. The van der Waals surface area contributed by atoms with Gasteiger partial charge in [0.15, 0.2) is 0 Å². The highest BCUT2D eigenvalue weighted by molar-refractivity contribution is 5.75. The molecule has 0 aliphatic heterocycles. The van der Waals surface area contributed by atoms with Crippen LogP contribution in [0.15, 0.2) is 0 Å². The summed E-state index contributed by atoms with van der Waals surface area (Å²) in [5, 5.41) is 9.30. The van der Waals surface area contributed by atoms with Gasteiger partial charge in [0.25, 0.3) is 0 Å². The van der Waals surface area contributed by atoms with Crippen molar-refractivity contribution < 1.29 is 4.79 Å². The number of amides is 1. The Bertz CT molecular complexity index is 298. The molecule has 0 aromatic heterocycles. The number of nitriles is 1. The molecule has 4 heteroatoms. The van der Waals surface area contributed by atoms with E-state index in [1.54, 1.807) is 0 Å². The predicted molar refractivity (Wildman–Crippen MR) is 71.7 cm³/mol. The van der Waals surface area contributed by atoms with E-state index in [0.29, 0.717) is 6.54 Å². The van der Waals surface area contributed by atoms with E-state index in [2.05, 4.69) is 17.9 Å². The van der Waals surface area contributed by atoms with Crippen LogP contribution in [-0.2, 0) is 4.79 Å². The monoisotopic (exact) mass is 251 g/mol. The minimum absolute atomic E-state index is 0.0590. The zero-order valence-electron chi connectivity index (χ0n) is 11.4. The van der Waals surface area contributed by atoms with Crippen molar-refractivity contribution in [3.8, 4) is 6.07 Å². The van der Waals surface area contributed by atoms with Crippen LogP contribution >= 0.6 is 0 Å². The summed E-state index contributed by atoms with van der Waals surface area (Å²) in [5.41, 5.74) is 5.33. The van der Waals surface area contributed by atoms with Gasteiger partial charge in [0, 0.05) is 6.04 Å². The lowest BCUT2D eigenvalue weighted by Gasteiger charge is -2.32. The van der Waals surface area contributed by atoms with Crippen LogP contribution in [0, 0.1) is 17.2 Å². The Balaban J connectivity index is 2.72. The zero-order valence-corrected chi connectivity index (χ0v) is 11.4. The molecule has 2 unspecified atom stereocenters. The van der Waals surface area contributed by atoms with Crippen LogP contribution < -0.4 is 5.73 Å². The zero-order chi connectivity index (χ0) is 13.4. The van der Waals surface area contributed by atoms with Crippen molar-refractivity contribution in [3.63, 3.8) is 0 Å². The molecule has 0 aromatic rings. The first kappa shape index (κ1) is 15.0. The maximum Gasteiger partial charge on any atom is 0.231 e. The van der Waals surface area contributed by atoms with Crippen molar-refractivity contribution in [2.75, 3.05) is 13.1 Å². The molecule has 0 heterocycles. The molecule has 102 valence electrons. The summed E-state index contributed by atoms with van der Waals surface area (Å²) in [6, 6.07) is 2.65. The molecule has 0 spiro atoms. The predicted octanol–water partition coefficient (Wildman–Crippen LogP) is 2.05. The molecule has 1 saturated carbocycles. The first-order valence-corrected chi connectivity index (χ1v) is 7.11. The molecule has 1 amide bonds. The normalized spacial score (nSPS) is 24.5. The number of primary amides is 1. The molecule has 1 fully saturated rings. The van der Waals surface area contributed by atoms with Crippen molar-refractivity contribution in [1.82, 2.24) is 4.90 Å². The molecule has 18 heavy (non-hydrogen) atoms. The van der Waals surface area contributed by atoms with E-state index in [1.807, 2.05) is 0 Å². The van der Waals surface area contributed by atoms with E-state index < -0.39 is 0 Å². The Labute approximate surface area is 110 Å². The van der Waals surface area contributed by atoms with Crippen LogP contribution in [0.5, 0.6) is 0 Å². The maximum absolute atomic E-state index is 11.2. The highest BCUT2D eigenvalue weighted by Gasteiger charge is 2.29. The second-order valence-electron chi connectivity index (χ2n) is 5.23. The summed E-state index contributed by atoms with van der Waals surface area (Å²) < 4.78 is 0. The van der Waals surface area contributed by atoms with Gasteiger partial charge in [-0.3, -0.25) is 9.69 Å². The molecule has 0 saturated heterocycles. The summed E-state index contributed by atoms with van der Waals surface area (Å²) >= 11 is 0. The highest BCUT2D eigenvalue weighted by atomic mass is 16.1. The van der Waals surface area contributed by atoms with Crippen LogP contribution in [-0.4, -0.2) is 29.9 Å². The topological polar surface area (TPSA) is 70.1 Å². The van der Waals surface area contributed by atoms with Gasteiger partial charge in [0.2, 0.25) is 5.91 Å². The number of hydrogen-bond acceptors (Lipinski definition) is 3. The lowest BCUT2D eigenvalue weighted by Crippen LogP contribution is -2.45. The third kappa shape index (κ3) is 4.66. The molecular formula is C14H25N3O. The molecular weight excluding hydrogens is 226 g/mol. The van der Waals surface area contributed by atoms with Gasteiger partial charge < -0.3 is 5.73 Å². The summed E-state index contributed by atoms with van der Waals surface area (Å²) in [4.78, 5) is 13.3. The Morgan fingerprint density at radius 1 is 1.39 bits per heavy atom. The van der Waals surface area contributed by atoms with E-state index in [4.69, 9.17) is 5.73 Å². The largest absolute Gasteiger partial charge is 0.369 e. The molecule has 0 aromatic carbocycles. The molecule has 1 aliphatic rings. The maximum atomic E-state index is 11.2. The van der Waals surface area contributed by atoms with Crippen molar-refractivity contribution in [3.05, 3.63) is 0 Å². The van der Waals surface area contributed by atoms with Gasteiger partial charge in [-0.15, -0.1) is 0 Å². The van der Waals surface area contributed by atoms with E-state index in [0.717, 1.165) is 45.1 Å². The minimum atomic E-state index is -0.285. The fourth-order valence-corrected chi connectivity index (χ4v) is 2.80. The first-order valence-electron chi connectivity index (χ1n) is 7.11. The Morgan fingerprint density at radius 2 is 2.11 bits per heavy atom. The second kappa shape index (κ2) is 8.10. The summed E-state index contributed by atoms with van der Waals surface area (Å²) in [7, 11) is 0. The molecule has 2 N–H and O–H groups in total. The van der Waals surface area contributed by atoms with Crippen LogP contribution in [0.1, 0.15) is 51.9 Å². The van der Waals surface area contributed by atoms with Crippen molar-refractivity contribution >= 4 is 5.91 Å². The van der Waals surface area contributed by atoms with E-state index in [9.17, 15) is 10.1 Å². The number of carbonyl (C=O) groups excluding carboxylic acids is 1. The van der Waals surface area contributed by atoms with Gasteiger partial charge in [0.1, 0.15) is 0 Å². The summed E-state index contributed by atoms with van der Waals surface area (Å²) in [6.07, 6.45) is 7.63.